The third-order valence-corrected chi connectivity index (χ3v) is 6.83. The topological polar surface area (TPSA) is 95.6 Å². The first kappa shape index (κ1) is 21.9. The fourth-order valence-corrected chi connectivity index (χ4v) is 4.90. The van der Waals surface area contributed by atoms with Gasteiger partial charge in [-0.15, -0.1) is 0 Å². The third-order valence-electron chi connectivity index (χ3n) is 4.95. The molecule has 160 valence electrons. The van der Waals surface area contributed by atoms with Gasteiger partial charge in [-0.05, 0) is 54.8 Å². The van der Waals surface area contributed by atoms with Crippen LogP contribution in [0, 0.1) is 11.7 Å². The van der Waals surface area contributed by atoms with Gasteiger partial charge in [-0.2, -0.15) is 4.31 Å². The van der Waals surface area contributed by atoms with Crippen molar-refractivity contribution >= 4 is 27.5 Å². The van der Waals surface area contributed by atoms with E-state index in [0.29, 0.717) is 31.6 Å². The van der Waals surface area contributed by atoms with E-state index in [9.17, 15) is 22.4 Å². The number of sulfonamides is 1. The number of nitrogens with one attached hydrogen (secondary N) is 2. The van der Waals surface area contributed by atoms with E-state index in [-0.39, 0.29) is 23.3 Å². The van der Waals surface area contributed by atoms with Crippen molar-refractivity contribution in [2.75, 3.05) is 18.4 Å². The largest absolute Gasteiger partial charge is 0.352 e. The molecule has 0 saturated carbocycles. The van der Waals surface area contributed by atoms with Gasteiger partial charge in [0.05, 0.1) is 10.8 Å². The Kier molecular flexibility index (Phi) is 6.84. The van der Waals surface area contributed by atoms with E-state index in [0.717, 1.165) is 17.7 Å². The molecule has 30 heavy (non-hydrogen) atoms. The predicted octanol–water partition coefficient (Wildman–Crippen LogP) is 2.50. The summed E-state index contributed by atoms with van der Waals surface area (Å²) in [6.45, 7) is 2.15. The number of carbonyl (C=O) groups is 2. The van der Waals surface area contributed by atoms with E-state index in [1.54, 1.807) is 24.3 Å². The molecule has 9 heteroatoms. The summed E-state index contributed by atoms with van der Waals surface area (Å²) in [6, 6.07) is 11.8. The van der Waals surface area contributed by atoms with E-state index >= 15 is 0 Å². The molecular formula is C21H24FN3O4S. The van der Waals surface area contributed by atoms with Crippen LogP contribution in [0.2, 0.25) is 0 Å². The highest BCUT2D eigenvalue weighted by Gasteiger charge is 2.33. The zero-order valence-electron chi connectivity index (χ0n) is 16.6. The Labute approximate surface area is 175 Å². The summed E-state index contributed by atoms with van der Waals surface area (Å²) >= 11 is 0. The molecule has 1 unspecified atom stereocenters. The minimum Gasteiger partial charge on any atom is -0.352 e. The molecule has 2 amide bonds. The lowest BCUT2D eigenvalue weighted by Gasteiger charge is -2.31. The normalized spacial score (nSPS) is 17.3. The lowest BCUT2D eigenvalue weighted by Crippen LogP contribution is -2.45. The fourth-order valence-electron chi connectivity index (χ4n) is 3.37. The van der Waals surface area contributed by atoms with Gasteiger partial charge in [0, 0.05) is 32.2 Å². The van der Waals surface area contributed by atoms with Crippen LogP contribution in [0.5, 0.6) is 0 Å². The lowest BCUT2D eigenvalue weighted by atomic mass is 9.99. The van der Waals surface area contributed by atoms with Crippen molar-refractivity contribution in [1.29, 1.82) is 0 Å². The van der Waals surface area contributed by atoms with Gasteiger partial charge in [-0.1, -0.05) is 12.1 Å². The third kappa shape index (κ3) is 5.43. The van der Waals surface area contributed by atoms with Crippen LogP contribution in [-0.4, -0.2) is 37.6 Å². The Morgan fingerprint density at radius 1 is 1.10 bits per heavy atom. The minimum absolute atomic E-state index is 0.0178. The van der Waals surface area contributed by atoms with Crippen LogP contribution in [0.15, 0.2) is 53.4 Å². The molecule has 0 radical (unpaired) electrons. The van der Waals surface area contributed by atoms with Crippen LogP contribution in [-0.2, 0) is 26.2 Å². The molecule has 2 aromatic rings. The Hall–Kier alpha value is -2.78. The highest BCUT2D eigenvalue weighted by atomic mass is 32.2. The highest BCUT2D eigenvalue weighted by Crippen LogP contribution is 2.24. The smallest absolute Gasteiger partial charge is 0.243 e. The molecule has 1 aliphatic rings. The zero-order valence-corrected chi connectivity index (χ0v) is 17.4. The molecule has 3 rings (SSSR count). The Morgan fingerprint density at radius 3 is 2.40 bits per heavy atom. The SMILES string of the molecule is CC(=O)Nc1ccc(CNC(=O)C2CCCN(S(=O)(=O)c3ccc(F)cc3)C2)cc1. The van der Waals surface area contributed by atoms with Gasteiger partial charge < -0.3 is 10.6 Å². The van der Waals surface area contributed by atoms with Crippen molar-refractivity contribution in [2.24, 2.45) is 5.92 Å². The first-order valence-electron chi connectivity index (χ1n) is 9.65. The molecule has 0 spiro atoms. The number of halogens is 1. The number of nitrogens with zero attached hydrogens (tertiary/aromatic N) is 1. The zero-order chi connectivity index (χ0) is 21.7. The molecular weight excluding hydrogens is 409 g/mol. The number of piperidine rings is 1. The van der Waals surface area contributed by atoms with Crippen LogP contribution in [0.25, 0.3) is 0 Å². The van der Waals surface area contributed by atoms with E-state index in [2.05, 4.69) is 10.6 Å². The predicted molar refractivity (Wildman–Crippen MR) is 110 cm³/mol. The maximum atomic E-state index is 13.1. The number of carbonyl (C=O) groups excluding carboxylic acids is 2. The fraction of sp³-hybridized carbons (Fsp3) is 0.333. The average Bonchev–Trinajstić information content (AvgIpc) is 2.73. The van der Waals surface area contributed by atoms with Crippen LogP contribution in [0.4, 0.5) is 10.1 Å². The molecule has 0 aromatic heterocycles. The number of hydrogen-bond acceptors (Lipinski definition) is 4. The second-order valence-electron chi connectivity index (χ2n) is 7.25. The molecule has 0 aliphatic carbocycles. The van der Waals surface area contributed by atoms with Gasteiger partial charge in [0.2, 0.25) is 21.8 Å². The second kappa shape index (κ2) is 9.36. The van der Waals surface area contributed by atoms with Gasteiger partial charge in [0.15, 0.2) is 0 Å². The molecule has 2 N–H and O–H groups in total. The average molecular weight is 434 g/mol. The van der Waals surface area contributed by atoms with Crippen molar-refractivity contribution in [1.82, 2.24) is 9.62 Å². The first-order valence-corrected chi connectivity index (χ1v) is 11.1. The highest BCUT2D eigenvalue weighted by molar-refractivity contribution is 7.89. The number of hydrogen-bond donors (Lipinski definition) is 2. The van der Waals surface area contributed by atoms with E-state index in [4.69, 9.17) is 0 Å². The molecule has 1 fully saturated rings. The van der Waals surface area contributed by atoms with E-state index in [1.807, 2.05) is 0 Å². The molecule has 1 saturated heterocycles. The van der Waals surface area contributed by atoms with Crippen LogP contribution < -0.4 is 10.6 Å². The Morgan fingerprint density at radius 2 is 1.77 bits per heavy atom. The number of anilines is 1. The van der Waals surface area contributed by atoms with Crippen molar-refractivity contribution in [3.63, 3.8) is 0 Å². The number of rotatable bonds is 6. The van der Waals surface area contributed by atoms with Crippen molar-refractivity contribution in [3.05, 3.63) is 59.9 Å². The molecule has 1 atom stereocenters. The summed E-state index contributed by atoms with van der Waals surface area (Å²) in [5.74, 6) is -1.32. The summed E-state index contributed by atoms with van der Waals surface area (Å²) in [6.07, 6.45) is 1.17. The summed E-state index contributed by atoms with van der Waals surface area (Å²) in [5, 5.41) is 5.53. The minimum atomic E-state index is -3.77. The maximum Gasteiger partial charge on any atom is 0.243 e. The summed E-state index contributed by atoms with van der Waals surface area (Å²) in [7, 11) is -3.77. The standard InChI is InChI=1S/C21H24FN3O4S/c1-15(26)24-19-8-4-16(5-9-19)13-23-21(27)17-3-2-12-25(14-17)30(28,29)20-10-6-18(22)7-11-20/h4-11,17H,2-3,12-14H2,1H3,(H,23,27)(H,24,26). The van der Waals surface area contributed by atoms with Crippen LogP contribution in [0.1, 0.15) is 25.3 Å². The van der Waals surface area contributed by atoms with Gasteiger partial charge in [0.25, 0.3) is 0 Å². The van der Waals surface area contributed by atoms with Crippen molar-refractivity contribution in [3.8, 4) is 0 Å². The quantitative estimate of drug-likeness (QED) is 0.732. The molecule has 1 heterocycles. The summed E-state index contributed by atoms with van der Waals surface area (Å²) in [4.78, 5) is 23.7. The summed E-state index contributed by atoms with van der Waals surface area (Å²) < 4.78 is 40.0. The molecule has 0 bridgehead atoms. The van der Waals surface area contributed by atoms with Gasteiger partial charge in [0.1, 0.15) is 5.82 Å². The first-order chi connectivity index (χ1) is 14.3. The van der Waals surface area contributed by atoms with Gasteiger partial charge in [-0.3, -0.25) is 9.59 Å². The maximum absolute atomic E-state index is 13.1. The lowest BCUT2D eigenvalue weighted by molar-refractivity contribution is -0.126. The molecule has 2 aromatic carbocycles. The summed E-state index contributed by atoms with van der Waals surface area (Å²) in [5.41, 5.74) is 1.54. The van der Waals surface area contributed by atoms with Crippen molar-refractivity contribution in [2.45, 2.75) is 31.2 Å². The molecule has 7 nitrogen and oxygen atoms in total. The monoisotopic (exact) mass is 433 g/mol. The second-order valence-corrected chi connectivity index (χ2v) is 9.19. The van der Waals surface area contributed by atoms with E-state index in [1.165, 1.54) is 23.4 Å². The Balaban J connectivity index is 1.59. The number of amides is 2. The van der Waals surface area contributed by atoms with Crippen molar-refractivity contribution < 1.29 is 22.4 Å². The molecule has 1 aliphatic heterocycles. The number of benzene rings is 2. The van der Waals surface area contributed by atoms with Gasteiger partial charge in [-0.25, -0.2) is 12.8 Å². The van der Waals surface area contributed by atoms with Crippen LogP contribution >= 0.6 is 0 Å². The van der Waals surface area contributed by atoms with Gasteiger partial charge >= 0.3 is 0 Å². The Bertz CT molecular complexity index is 1010. The van der Waals surface area contributed by atoms with Crippen LogP contribution in [0.3, 0.4) is 0 Å². The van der Waals surface area contributed by atoms with E-state index < -0.39 is 21.8 Å².